The zero-order valence-electron chi connectivity index (χ0n) is 18.2. The first-order valence-corrected chi connectivity index (χ1v) is 13.4. The molecule has 2 rings (SSSR count). The highest BCUT2D eigenvalue weighted by molar-refractivity contribution is 6.74. The van der Waals surface area contributed by atoms with E-state index in [1.54, 1.807) is 0 Å². The number of nitrogens with one attached hydrogen (secondary N) is 1. The lowest BCUT2D eigenvalue weighted by Gasteiger charge is -2.41. The summed E-state index contributed by atoms with van der Waals surface area (Å²) in [5, 5.41) is 11.7. The Balaban J connectivity index is 1.88. The van der Waals surface area contributed by atoms with Crippen LogP contribution in [0.3, 0.4) is 0 Å². The van der Waals surface area contributed by atoms with Gasteiger partial charge in [-0.25, -0.2) is 4.79 Å². The summed E-state index contributed by atoms with van der Waals surface area (Å²) in [4.78, 5) is 13.5. The van der Waals surface area contributed by atoms with Gasteiger partial charge in [0.15, 0.2) is 8.32 Å². The monoisotopic (exact) mass is 406 g/mol. The molecule has 1 atom stereocenters. The van der Waals surface area contributed by atoms with Crippen molar-refractivity contribution in [3.8, 4) is 0 Å². The average molecular weight is 407 g/mol. The molecule has 158 valence electrons. The van der Waals surface area contributed by atoms with Gasteiger partial charge in [0.1, 0.15) is 0 Å². The average Bonchev–Trinajstić information content (AvgIpc) is 2.61. The molecule has 6 heteroatoms. The lowest BCUT2D eigenvalue weighted by atomic mass is 9.90. The molecule has 1 fully saturated rings. The molecule has 0 spiro atoms. The molecule has 2 N–H and O–H groups in total. The van der Waals surface area contributed by atoms with Gasteiger partial charge < -0.3 is 19.7 Å². The second kappa shape index (κ2) is 9.90. The van der Waals surface area contributed by atoms with Crippen LogP contribution in [0.5, 0.6) is 0 Å². The predicted octanol–water partition coefficient (Wildman–Crippen LogP) is 4.60. The second-order valence-electron chi connectivity index (χ2n) is 9.62. The van der Waals surface area contributed by atoms with Gasteiger partial charge in [-0.15, -0.1) is 0 Å². The Hall–Kier alpha value is -1.37. The number of benzene rings is 1. The van der Waals surface area contributed by atoms with Gasteiger partial charge in [0.05, 0.1) is 6.10 Å². The summed E-state index contributed by atoms with van der Waals surface area (Å²) in [7, 11) is -1.95. The van der Waals surface area contributed by atoms with Crippen molar-refractivity contribution < 1.29 is 14.3 Å². The minimum Gasteiger partial charge on any atom is -0.465 e. The molecule has 1 amide bonds. The largest absolute Gasteiger partial charge is 0.465 e. The number of amides is 1. The molecule has 1 heterocycles. The normalized spacial score (nSPS) is 18.0. The third-order valence-electron chi connectivity index (χ3n) is 6.28. The number of likely N-dealkylation sites (tertiary alicyclic amines) is 1. The summed E-state index contributed by atoms with van der Waals surface area (Å²) < 4.78 is 6.55. The van der Waals surface area contributed by atoms with Crippen LogP contribution in [0.2, 0.25) is 18.1 Å². The van der Waals surface area contributed by atoms with Gasteiger partial charge in [-0.05, 0) is 62.0 Å². The van der Waals surface area contributed by atoms with Crippen molar-refractivity contribution in [2.75, 3.05) is 26.2 Å². The minimum atomic E-state index is -1.95. The summed E-state index contributed by atoms with van der Waals surface area (Å²) >= 11 is 0. The molecule has 1 saturated heterocycles. The fraction of sp³-hybridized carbons (Fsp3) is 0.682. The van der Waals surface area contributed by atoms with E-state index >= 15 is 0 Å². The third-order valence-corrected chi connectivity index (χ3v) is 10.8. The van der Waals surface area contributed by atoms with E-state index in [0.717, 1.165) is 32.0 Å². The maximum Gasteiger partial charge on any atom is 0.404 e. The first kappa shape index (κ1) is 22.9. The molecule has 0 bridgehead atoms. The van der Waals surface area contributed by atoms with Gasteiger partial charge in [-0.1, -0.05) is 51.1 Å². The molecule has 1 aromatic carbocycles. The van der Waals surface area contributed by atoms with E-state index in [4.69, 9.17) is 9.53 Å². The first-order chi connectivity index (χ1) is 13.1. The van der Waals surface area contributed by atoms with Gasteiger partial charge >= 0.3 is 6.09 Å². The van der Waals surface area contributed by atoms with Crippen LogP contribution in [0, 0.1) is 5.92 Å². The Bertz CT molecular complexity index is 608. The molecule has 28 heavy (non-hydrogen) atoms. The lowest BCUT2D eigenvalue weighted by Crippen LogP contribution is -2.51. The number of carbonyl (C=O) groups is 1. The number of nitrogens with zero attached hydrogens (tertiary/aromatic N) is 1. The predicted molar refractivity (Wildman–Crippen MR) is 117 cm³/mol. The molecular weight excluding hydrogens is 368 g/mol. The van der Waals surface area contributed by atoms with E-state index < -0.39 is 14.4 Å². The Kier molecular flexibility index (Phi) is 8.10. The molecule has 1 aromatic rings. The highest BCUT2D eigenvalue weighted by atomic mass is 28.4. The quantitative estimate of drug-likeness (QED) is 0.620. The number of hydrogen-bond donors (Lipinski definition) is 2. The standard InChI is InChI=1S/C22H38N2O3Si/c1-22(2,3)28(4,5)27-20(16-23-21(25)26)17-24-13-11-19(12-14-24)15-18-9-7-6-8-10-18/h6-10,19-20,23H,11-17H2,1-5H3,(H,25,26). The van der Waals surface area contributed by atoms with Gasteiger partial charge in [-0.3, -0.25) is 0 Å². The zero-order chi connectivity index (χ0) is 20.8. The summed E-state index contributed by atoms with van der Waals surface area (Å²) in [6.07, 6.45) is 2.45. The van der Waals surface area contributed by atoms with Crippen molar-refractivity contribution in [2.24, 2.45) is 5.92 Å². The summed E-state index contributed by atoms with van der Waals surface area (Å²) in [6, 6.07) is 10.7. The topological polar surface area (TPSA) is 61.8 Å². The molecule has 1 aliphatic rings. The van der Waals surface area contributed by atoms with Gasteiger partial charge in [0.25, 0.3) is 0 Å². The van der Waals surface area contributed by atoms with Crippen LogP contribution in [0.25, 0.3) is 0 Å². The van der Waals surface area contributed by atoms with E-state index in [-0.39, 0.29) is 11.1 Å². The summed E-state index contributed by atoms with van der Waals surface area (Å²) in [5.41, 5.74) is 1.42. The summed E-state index contributed by atoms with van der Waals surface area (Å²) in [6.45, 7) is 14.4. The van der Waals surface area contributed by atoms with E-state index in [0.29, 0.717) is 6.54 Å². The van der Waals surface area contributed by atoms with Crippen molar-refractivity contribution >= 4 is 14.4 Å². The number of piperidine rings is 1. The van der Waals surface area contributed by atoms with Crippen LogP contribution in [0.1, 0.15) is 39.2 Å². The van der Waals surface area contributed by atoms with Crippen LogP contribution in [-0.2, 0) is 10.8 Å². The Morgan fingerprint density at radius 2 is 1.86 bits per heavy atom. The van der Waals surface area contributed by atoms with E-state index in [9.17, 15) is 4.79 Å². The second-order valence-corrected chi connectivity index (χ2v) is 14.4. The maximum absolute atomic E-state index is 11.0. The Morgan fingerprint density at radius 3 is 2.39 bits per heavy atom. The minimum absolute atomic E-state index is 0.0948. The number of rotatable bonds is 8. The zero-order valence-corrected chi connectivity index (χ0v) is 19.2. The third kappa shape index (κ3) is 7.22. The van der Waals surface area contributed by atoms with Crippen LogP contribution in [0.4, 0.5) is 4.79 Å². The lowest BCUT2D eigenvalue weighted by molar-refractivity contribution is 0.0934. The van der Waals surface area contributed by atoms with Crippen molar-refractivity contribution in [2.45, 2.75) is 64.3 Å². The molecule has 1 unspecified atom stereocenters. The molecule has 0 saturated carbocycles. The molecule has 1 aliphatic heterocycles. The van der Waals surface area contributed by atoms with Crippen LogP contribution < -0.4 is 5.32 Å². The van der Waals surface area contributed by atoms with Crippen molar-refractivity contribution in [1.29, 1.82) is 0 Å². The van der Waals surface area contributed by atoms with Crippen LogP contribution in [0.15, 0.2) is 30.3 Å². The molecular formula is C22H38N2O3Si. The maximum atomic E-state index is 11.0. The van der Waals surface area contributed by atoms with E-state index in [1.807, 2.05) is 0 Å². The smallest absolute Gasteiger partial charge is 0.404 e. The number of carboxylic acid groups (broad SMARTS) is 1. The van der Waals surface area contributed by atoms with E-state index in [2.05, 4.69) is 74.4 Å². The van der Waals surface area contributed by atoms with Crippen molar-refractivity contribution in [3.05, 3.63) is 35.9 Å². The molecule has 0 radical (unpaired) electrons. The first-order valence-electron chi connectivity index (χ1n) is 10.5. The van der Waals surface area contributed by atoms with E-state index in [1.165, 1.54) is 18.4 Å². The van der Waals surface area contributed by atoms with Crippen molar-refractivity contribution in [3.63, 3.8) is 0 Å². The van der Waals surface area contributed by atoms with Crippen LogP contribution in [-0.4, -0.2) is 56.7 Å². The highest BCUT2D eigenvalue weighted by Gasteiger charge is 2.39. The van der Waals surface area contributed by atoms with Gasteiger partial charge in [-0.2, -0.15) is 0 Å². The van der Waals surface area contributed by atoms with Gasteiger partial charge in [0.2, 0.25) is 0 Å². The highest BCUT2D eigenvalue weighted by Crippen LogP contribution is 2.37. The Morgan fingerprint density at radius 1 is 1.25 bits per heavy atom. The summed E-state index contributed by atoms with van der Waals surface area (Å²) in [5.74, 6) is 0.732. The molecule has 0 aromatic heterocycles. The SMILES string of the molecule is CC(C)(C)[Si](C)(C)OC(CNC(=O)O)CN1CCC(Cc2ccccc2)CC1. The fourth-order valence-corrected chi connectivity index (χ4v) is 4.89. The number of hydrogen-bond acceptors (Lipinski definition) is 3. The van der Waals surface area contributed by atoms with Gasteiger partial charge in [0, 0.05) is 13.1 Å². The molecule has 0 aliphatic carbocycles. The van der Waals surface area contributed by atoms with Crippen LogP contribution >= 0.6 is 0 Å². The fourth-order valence-electron chi connectivity index (χ4n) is 3.55. The molecule has 5 nitrogen and oxygen atoms in total. The Labute approximate surface area is 171 Å². The van der Waals surface area contributed by atoms with Crippen molar-refractivity contribution in [1.82, 2.24) is 10.2 Å².